The highest BCUT2D eigenvalue weighted by molar-refractivity contribution is 5.77. The molecule has 16 heavy (non-hydrogen) atoms. The zero-order valence-corrected chi connectivity index (χ0v) is 9.54. The van der Waals surface area contributed by atoms with Crippen LogP contribution in [0.3, 0.4) is 0 Å². The molecule has 2 unspecified atom stereocenters. The average Bonchev–Trinajstić information content (AvgIpc) is 2.27. The van der Waals surface area contributed by atoms with Crippen molar-refractivity contribution >= 4 is 5.91 Å². The molecule has 90 valence electrons. The standard InChI is InChI=1S/C12H20N2O2/c1-2-6-13-9-12(16)14-8-10-4-3-5-11(15)7-10/h1,10-11,13,15H,3-9H2,(H,14,16). The number of aliphatic hydroxyl groups is 1. The lowest BCUT2D eigenvalue weighted by atomic mass is 9.87. The maximum Gasteiger partial charge on any atom is 0.233 e. The van der Waals surface area contributed by atoms with Gasteiger partial charge in [-0.25, -0.2) is 0 Å². The summed E-state index contributed by atoms with van der Waals surface area (Å²) in [6, 6.07) is 0. The van der Waals surface area contributed by atoms with E-state index in [-0.39, 0.29) is 18.6 Å². The quantitative estimate of drug-likeness (QED) is 0.450. The van der Waals surface area contributed by atoms with E-state index in [0.717, 1.165) is 25.7 Å². The monoisotopic (exact) mass is 224 g/mol. The molecule has 0 aromatic carbocycles. The summed E-state index contributed by atoms with van der Waals surface area (Å²) in [4.78, 5) is 11.3. The number of terminal acetylenes is 1. The summed E-state index contributed by atoms with van der Waals surface area (Å²) in [7, 11) is 0. The van der Waals surface area contributed by atoms with Crippen LogP contribution in [0, 0.1) is 18.3 Å². The van der Waals surface area contributed by atoms with Gasteiger partial charge in [0.2, 0.25) is 5.91 Å². The van der Waals surface area contributed by atoms with Gasteiger partial charge >= 0.3 is 0 Å². The first-order valence-corrected chi connectivity index (χ1v) is 5.81. The molecule has 1 saturated carbocycles. The van der Waals surface area contributed by atoms with Crippen LogP contribution in [0.15, 0.2) is 0 Å². The summed E-state index contributed by atoms with van der Waals surface area (Å²) in [6.45, 7) is 1.34. The first-order valence-electron chi connectivity index (χ1n) is 5.81. The Hall–Kier alpha value is -1.05. The summed E-state index contributed by atoms with van der Waals surface area (Å²) in [5.41, 5.74) is 0. The van der Waals surface area contributed by atoms with Crippen LogP contribution < -0.4 is 10.6 Å². The number of amides is 1. The number of aliphatic hydroxyl groups excluding tert-OH is 1. The molecule has 0 bridgehead atoms. The van der Waals surface area contributed by atoms with Crippen molar-refractivity contribution in [3.05, 3.63) is 0 Å². The van der Waals surface area contributed by atoms with Crippen molar-refractivity contribution in [1.82, 2.24) is 10.6 Å². The zero-order valence-electron chi connectivity index (χ0n) is 9.54. The van der Waals surface area contributed by atoms with Gasteiger partial charge in [-0.15, -0.1) is 6.42 Å². The molecule has 4 nitrogen and oxygen atoms in total. The van der Waals surface area contributed by atoms with E-state index in [1.165, 1.54) is 0 Å². The molecule has 0 spiro atoms. The molecular formula is C12H20N2O2. The van der Waals surface area contributed by atoms with Gasteiger partial charge in [0, 0.05) is 6.54 Å². The molecule has 0 aromatic rings. The Labute approximate surface area is 96.8 Å². The Morgan fingerprint density at radius 3 is 3.00 bits per heavy atom. The topological polar surface area (TPSA) is 61.4 Å². The molecule has 0 saturated heterocycles. The zero-order chi connectivity index (χ0) is 11.8. The summed E-state index contributed by atoms with van der Waals surface area (Å²) >= 11 is 0. The van der Waals surface area contributed by atoms with Crippen LogP contribution in [0.25, 0.3) is 0 Å². The van der Waals surface area contributed by atoms with Crippen LogP contribution in [0.2, 0.25) is 0 Å². The maximum atomic E-state index is 11.3. The van der Waals surface area contributed by atoms with E-state index in [2.05, 4.69) is 16.6 Å². The third kappa shape index (κ3) is 5.15. The molecule has 0 aromatic heterocycles. The van der Waals surface area contributed by atoms with Gasteiger partial charge < -0.3 is 10.4 Å². The van der Waals surface area contributed by atoms with Crippen molar-refractivity contribution in [2.24, 2.45) is 5.92 Å². The van der Waals surface area contributed by atoms with Crippen molar-refractivity contribution in [2.45, 2.75) is 31.8 Å². The van der Waals surface area contributed by atoms with Gasteiger partial charge in [-0.2, -0.15) is 0 Å². The third-order valence-electron chi connectivity index (χ3n) is 2.86. The van der Waals surface area contributed by atoms with E-state index in [4.69, 9.17) is 6.42 Å². The average molecular weight is 224 g/mol. The predicted molar refractivity (Wildman–Crippen MR) is 62.7 cm³/mol. The number of hydrogen-bond donors (Lipinski definition) is 3. The fourth-order valence-corrected chi connectivity index (χ4v) is 2.02. The van der Waals surface area contributed by atoms with Crippen molar-refractivity contribution in [2.75, 3.05) is 19.6 Å². The van der Waals surface area contributed by atoms with Crippen LogP contribution in [0.5, 0.6) is 0 Å². The van der Waals surface area contributed by atoms with E-state index in [9.17, 15) is 9.90 Å². The summed E-state index contributed by atoms with van der Waals surface area (Å²) in [5.74, 6) is 2.80. The van der Waals surface area contributed by atoms with Crippen molar-refractivity contribution in [3.8, 4) is 12.3 Å². The van der Waals surface area contributed by atoms with Crippen LogP contribution in [0.1, 0.15) is 25.7 Å². The van der Waals surface area contributed by atoms with Gasteiger partial charge in [0.25, 0.3) is 0 Å². The van der Waals surface area contributed by atoms with Gasteiger partial charge in [-0.3, -0.25) is 10.1 Å². The predicted octanol–water partition coefficient (Wildman–Crippen LogP) is -0.123. The molecule has 0 heterocycles. The number of carbonyl (C=O) groups is 1. The van der Waals surface area contributed by atoms with Gasteiger partial charge in [0.1, 0.15) is 0 Å². The lowest BCUT2D eigenvalue weighted by Gasteiger charge is -2.25. The number of carbonyl (C=O) groups excluding carboxylic acids is 1. The highest BCUT2D eigenvalue weighted by atomic mass is 16.3. The lowest BCUT2D eigenvalue weighted by Crippen LogP contribution is -2.38. The number of rotatable bonds is 5. The van der Waals surface area contributed by atoms with Gasteiger partial charge in [0.05, 0.1) is 19.2 Å². The molecule has 3 N–H and O–H groups in total. The Morgan fingerprint density at radius 1 is 1.50 bits per heavy atom. The minimum Gasteiger partial charge on any atom is -0.393 e. The van der Waals surface area contributed by atoms with E-state index in [0.29, 0.717) is 19.0 Å². The molecule has 1 fully saturated rings. The third-order valence-corrected chi connectivity index (χ3v) is 2.86. The largest absolute Gasteiger partial charge is 0.393 e. The van der Waals surface area contributed by atoms with Gasteiger partial charge in [0.15, 0.2) is 0 Å². The van der Waals surface area contributed by atoms with E-state index < -0.39 is 0 Å². The van der Waals surface area contributed by atoms with Crippen molar-refractivity contribution in [3.63, 3.8) is 0 Å². The Morgan fingerprint density at radius 2 is 2.31 bits per heavy atom. The first-order chi connectivity index (χ1) is 7.72. The second-order valence-electron chi connectivity index (χ2n) is 4.30. The molecule has 4 heteroatoms. The van der Waals surface area contributed by atoms with Gasteiger partial charge in [-0.05, 0) is 25.2 Å². The molecule has 0 radical (unpaired) electrons. The maximum absolute atomic E-state index is 11.3. The molecule has 1 rings (SSSR count). The summed E-state index contributed by atoms with van der Waals surface area (Å²) in [6.07, 6.45) is 8.71. The smallest absolute Gasteiger partial charge is 0.233 e. The fraction of sp³-hybridized carbons (Fsp3) is 0.750. The number of hydrogen-bond acceptors (Lipinski definition) is 3. The van der Waals surface area contributed by atoms with Crippen molar-refractivity contribution < 1.29 is 9.90 Å². The van der Waals surface area contributed by atoms with E-state index >= 15 is 0 Å². The molecular weight excluding hydrogens is 204 g/mol. The van der Waals surface area contributed by atoms with E-state index in [1.54, 1.807) is 0 Å². The second-order valence-corrected chi connectivity index (χ2v) is 4.30. The fourth-order valence-electron chi connectivity index (χ4n) is 2.02. The van der Waals surface area contributed by atoms with Crippen LogP contribution in [0.4, 0.5) is 0 Å². The van der Waals surface area contributed by atoms with Crippen LogP contribution >= 0.6 is 0 Å². The Balaban J connectivity index is 2.09. The van der Waals surface area contributed by atoms with Crippen LogP contribution in [-0.4, -0.2) is 36.8 Å². The minimum atomic E-state index is -0.185. The second kappa shape index (κ2) is 7.26. The molecule has 0 aliphatic heterocycles. The summed E-state index contributed by atoms with van der Waals surface area (Å²) < 4.78 is 0. The number of nitrogens with one attached hydrogen (secondary N) is 2. The van der Waals surface area contributed by atoms with Crippen LogP contribution in [-0.2, 0) is 4.79 Å². The summed E-state index contributed by atoms with van der Waals surface area (Å²) in [5, 5.41) is 15.2. The minimum absolute atomic E-state index is 0.0321. The highest BCUT2D eigenvalue weighted by Gasteiger charge is 2.20. The van der Waals surface area contributed by atoms with E-state index in [1.807, 2.05) is 0 Å². The molecule has 1 aliphatic rings. The van der Waals surface area contributed by atoms with Gasteiger partial charge in [-0.1, -0.05) is 12.3 Å². The lowest BCUT2D eigenvalue weighted by molar-refractivity contribution is -0.120. The SMILES string of the molecule is C#CCNCC(=O)NCC1CCCC(O)C1. The Bertz CT molecular complexity index is 260. The highest BCUT2D eigenvalue weighted by Crippen LogP contribution is 2.23. The normalized spacial score (nSPS) is 24.8. The molecule has 2 atom stereocenters. The first kappa shape index (κ1) is 13.0. The molecule has 1 aliphatic carbocycles. The van der Waals surface area contributed by atoms with Crippen molar-refractivity contribution in [1.29, 1.82) is 0 Å². The molecule has 1 amide bonds. The Kier molecular flexibility index (Phi) is 5.91.